The van der Waals surface area contributed by atoms with Crippen LogP contribution in [0.15, 0.2) is 18.2 Å². The molecule has 8 heteroatoms. The first-order chi connectivity index (χ1) is 10.9. The number of carbonyl (C=O) groups is 2. The number of nitrogens with zero attached hydrogens (tertiary/aromatic N) is 1. The van der Waals surface area contributed by atoms with Gasteiger partial charge in [-0.05, 0) is 19.4 Å². The molecular formula is C15H20N2O6. The van der Waals surface area contributed by atoms with Crippen LogP contribution >= 0.6 is 0 Å². The molecule has 0 aromatic heterocycles. The summed E-state index contributed by atoms with van der Waals surface area (Å²) in [7, 11) is 1.38. The molecule has 0 spiro atoms. The number of benzene rings is 1. The Hall–Kier alpha value is -2.64. The van der Waals surface area contributed by atoms with Gasteiger partial charge < -0.3 is 14.8 Å². The number of non-ortho nitro benzene ring substituents is 1. The summed E-state index contributed by atoms with van der Waals surface area (Å²) in [4.78, 5) is 33.8. The zero-order chi connectivity index (χ0) is 17.4. The van der Waals surface area contributed by atoms with Gasteiger partial charge >= 0.3 is 5.97 Å². The summed E-state index contributed by atoms with van der Waals surface area (Å²) in [5, 5.41) is 13.3. The topological polar surface area (TPSA) is 108 Å². The third-order valence-electron chi connectivity index (χ3n) is 3.06. The fraction of sp³-hybridized carbons (Fsp3) is 0.467. The molecule has 0 aliphatic rings. The molecule has 0 radical (unpaired) electrons. The maximum atomic E-state index is 12.1. The van der Waals surface area contributed by atoms with E-state index < -0.39 is 22.9 Å². The molecule has 0 unspecified atom stereocenters. The van der Waals surface area contributed by atoms with Crippen LogP contribution in [0, 0.1) is 10.1 Å². The first kappa shape index (κ1) is 18.4. The predicted octanol–water partition coefficient (Wildman–Crippen LogP) is 2.66. The van der Waals surface area contributed by atoms with E-state index in [1.165, 1.54) is 32.2 Å². The van der Waals surface area contributed by atoms with Crippen molar-refractivity contribution in [2.24, 2.45) is 0 Å². The number of carbonyl (C=O) groups excluding carboxylic acids is 2. The quantitative estimate of drug-likeness (QED) is 0.447. The fourth-order valence-corrected chi connectivity index (χ4v) is 1.77. The van der Waals surface area contributed by atoms with Gasteiger partial charge in [0, 0.05) is 18.6 Å². The van der Waals surface area contributed by atoms with E-state index in [1.54, 1.807) is 0 Å². The number of rotatable bonds is 8. The lowest BCUT2D eigenvalue weighted by atomic mass is 10.2. The SMILES string of the molecule is CCCCC(=O)O[C@@H](C)C(=O)Nc1cc([N+](=O)[O-])ccc1OC. The van der Waals surface area contributed by atoms with Crippen LogP contribution in [0.3, 0.4) is 0 Å². The number of amides is 1. The number of hydrogen-bond donors (Lipinski definition) is 1. The lowest BCUT2D eigenvalue weighted by molar-refractivity contribution is -0.384. The summed E-state index contributed by atoms with van der Waals surface area (Å²) in [5.41, 5.74) is -0.0446. The standard InChI is InChI=1S/C15H20N2O6/c1-4-5-6-14(18)23-10(2)15(19)16-12-9-11(17(20)21)7-8-13(12)22-3/h7-10H,4-6H2,1-3H3,(H,16,19)/t10-/m0/s1. The van der Waals surface area contributed by atoms with Crippen LogP contribution in [-0.4, -0.2) is 30.0 Å². The summed E-state index contributed by atoms with van der Waals surface area (Å²) in [6.45, 7) is 3.38. The van der Waals surface area contributed by atoms with Crippen molar-refractivity contribution in [2.45, 2.75) is 39.2 Å². The summed E-state index contributed by atoms with van der Waals surface area (Å²) in [6, 6.07) is 3.83. The maximum Gasteiger partial charge on any atom is 0.306 e. The second-order valence-corrected chi connectivity index (χ2v) is 4.87. The number of unbranched alkanes of at least 4 members (excludes halogenated alkanes) is 1. The van der Waals surface area contributed by atoms with Crippen molar-refractivity contribution < 1.29 is 24.0 Å². The van der Waals surface area contributed by atoms with Gasteiger partial charge in [-0.25, -0.2) is 0 Å². The average molecular weight is 324 g/mol. The van der Waals surface area contributed by atoms with Gasteiger partial charge in [-0.2, -0.15) is 0 Å². The Morgan fingerprint density at radius 2 is 2.09 bits per heavy atom. The van der Waals surface area contributed by atoms with Crippen molar-refractivity contribution >= 4 is 23.3 Å². The zero-order valence-corrected chi connectivity index (χ0v) is 13.3. The highest BCUT2D eigenvalue weighted by Crippen LogP contribution is 2.29. The van der Waals surface area contributed by atoms with E-state index in [0.29, 0.717) is 6.42 Å². The van der Waals surface area contributed by atoms with E-state index in [9.17, 15) is 19.7 Å². The number of hydrogen-bond acceptors (Lipinski definition) is 6. The first-order valence-corrected chi connectivity index (χ1v) is 7.21. The average Bonchev–Trinajstić information content (AvgIpc) is 2.52. The molecule has 23 heavy (non-hydrogen) atoms. The lowest BCUT2D eigenvalue weighted by Gasteiger charge is -2.15. The molecule has 0 bridgehead atoms. The largest absolute Gasteiger partial charge is 0.495 e. The van der Waals surface area contributed by atoms with Crippen LogP contribution in [0.1, 0.15) is 33.1 Å². The molecule has 0 saturated carbocycles. The second kappa shape index (κ2) is 8.72. The molecule has 1 N–H and O–H groups in total. The zero-order valence-electron chi connectivity index (χ0n) is 13.3. The van der Waals surface area contributed by atoms with Gasteiger partial charge in [0.25, 0.3) is 11.6 Å². The van der Waals surface area contributed by atoms with E-state index in [1.807, 2.05) is 6.92 Å². The van der Waals surface area contributed by atoms with Gasteiger partial charge in [-0.3, -0.25) is 19.7 Å². The van der Waals surface area contributed by atoms with Crippen molar-refractivity contribution in [2.75, 3.05) is 12.4 Å². The van der Waals surface area contributed by atoms with Gasteiger partial charge in [0.2, 0.25) is 0 Å². The molecular weight excluding hydrogens is 304 g/mol. The van der Waals surface area contributed by atoms with Crippen LogP contribution < -0.4 is 10.1 Å². The highest BCUT2D eigenvalue weighted by Gasteiger charge is 2.20. The minimum absolute atomic E-state index is 0.142. The van der Waals surface area contributed by atoms with Crippen LogP contribution in [0.2, 0.25) is 0 Å². The van der Waals surface area contributed by atoms with Crippen LogP contribution in [-0.2, 0) is 14.3 Å². The molecule has 1 aromatic carbocycles. The minimum atomic E-state index is -1.01. The normalized spacial score (nSPS) is 11.4. The monoisotopic (exact) mass is 324 g/mol. The van der Waals surface area contributed by atoms with Crippen molar-refractivity contribution in [3.8, 4) is 5.75 Å². The Morgan fingerprint density at radius 1 is 1.39 bits per heavy atom. The fourth-order valence-electron chi connectivity index (χ4n) is 1.77. The summed E-state index contributed by atoms with van der Waals surface area (Å²) >= 11 is 0. The number of nitrogens with one attached hydrogen (secondary N) is 1. The van der Waals surface area contributed by atoms with E-state index in [2.05, 4.69) is 5.32 Å². The summed E-state index contributed by atoms with van der Waals surface area (Å²) < 4.78 is 10.1. The van der Waals surface area contributed by atoms with Gasteiger partial charge in [0.1, 0.15) is 5.75 Å². The molecule has 0 fully saturated rings. The lowest BCUT2D eigenvalue weighted by Crippen LogP contribution is -2.30. The van der Waals surface area contributed by atoms with E-state index >= 15 is 0 Å². The molecule has 1 amide bonds. The maximum absolute atomic E-state index is 12.1. The van der Waals surface area contributed by atoms with Gasteiger partial charge in [-0.1, -0.05) is 13.3 Å². The Labute approximate surface area is 133 Å². The van der Waals surface area contributed by atoms with E-state index in [0.717, 1.165) is 6.42 Å². The van der Waals surface area contributed by atoms with Crippen molar-refractivity contribution in [3.05, 3.63) is 28.3 Å². The van der Waals surface area contributed by atoms with Gasteiger partial charge in [-0.15, -0.1) is 0 Å². The second-order valence-electron chi connectivity index (χ2n) is 4.87. The van der Waals surface area contributed by atoms with E-state index in [-0.39, 0.29) is 23.5 Å². The smallest absolute Gasteiger partial charge is 0.306 e. The summed E-state index contributed by atoms with van der Waals surface area (Å²) in [6.07, 6.45) is 0.768. The Kier molecular flexibility index (Phi) is 6.98. The highest BCUT2D eigenvalue weighted by atomic mass is 16.6. The number of anilines is 1. The Morgan fingerprint density at radius 3 is 2.65 bits per heavy atom. The number of nitro groups is 1. The molecule has 1 rings (SSSR count). The van der Waals surface area contributed by atoms with Gasteiger partial charge in [0.15, 0.2) is 6.10 Å². The number of nitro benzene ring substituents is 1. The Bertz CT molecular complexity index is 587. The van der Waals surface area contributed by atoms with Crippen LogP contribution in [0.5, 0.6) is 5.75 Å². The molecule has 1 atom stereocenters. The van der Waals surface area contributed by atoms with Crippen molar-refractivity contribution in [1.82, 2.24) is 0 Å². The van der Waals surface area contributed by atoms with Crippen molar-refractivity contribution in [3.63, 3.8) is 0 Å². The molecule has 126 valence electrons. The molecule has 0 heterocycles. The minimum Gasteiger partial charge on any atom is -0.495 e. The van der Waals surface area contributed by atoms with Gasteiger partial charge in [0.05, 0.1) is 17.7 Å². The van der Waals surface area contributed by atoms with E-state index in [4.69, 9.17) is 9.47 Å². The molecule has 8 nitrogen and oxygen atoms in total. The Balaban J connectivity index is 2.77. The molecule has 0 saturated heterocycles. The van der Waals surface area contributed by atoms with Crippen LogP contribution in [0.25, 0.3) is 0 Å². The molecule has 0 aliphatic carbocycles. The molecule has 0 aliphatic heterocycles. The summed E-state index contributed by atoms with van der Waals surface area (Å²) in [5.74, 6) is -0.775. The van der Waals surface area contributed by atoms with Crippen LogP contribution in [0.4, 0.5) is 11.4 Å². The van der Waals surface area contributed by atoms with Crippen molar-refractivity contribution in [1.29, 1.82) is 0 Å². The first-order valence-electron chi connectivity index (χ1n) is 7.21. The highest BCUT2D eigenvalue weighted by molar-refractivity contribution is 5.96. The third kappa shape index (κ3) is 5.57. The molecule has 1 aromatic rings. The third-order valence-corrected chi connectivity index (χ3v) is 3.06. The number of ether oxygens (including phenoxy) is 2. The predicted molar refractivity (Wildman–Crippen MR) is 83.4 cm³/mol. The number of esters is 1. The number of methoxy groups -OCH3 is 1.